The van der Waals surface area contributed by atoms with Gasteiger partial charge in [0.25, 0.3) is 0 Å². The molecule has 0 heterocycles. The van der Waals surface area contributed by atoms with Gasteiger partial charge >= 0.3 is 5.97 Å². The number of carbonyl (C=O) groups is 1. The van der Waals surface area contributed by atoms with Gasteiger partial charge < -0.3 is 14.9 Å². The summed E-state index contributed by atoms with van der Waals surface area (Å²) in [6.45, 7) is 1.41. The van der Waals surface area contributed by atoms with E-state index in [0.29, 0.717) is 0 Å². The highest BCUT2D eigenvalue weighted by atomic mass is 19.1. The molecule has 2 N–H and O–H groups in total. The normalized spacial score (nSPS) is 12.2. The van der Waals surface area contributed by atoms with Crippen LogP contribution in [0.1, 0.15) is 17.3 Å². The first-order valence-electron chi connectivity index (χ1n) is 4.35. The van der Waals surface area contributed by atoms with Crippen LogP contribution in [-0.2, 0) is 0 Å². The Kier molecular flexibility index (Phi) is 3.62. The van der Waals surface area contributed by atoms with Crippen LogP contribution < -0.4 is 4.74 Å². The Morgan fingerprint density at radius 1 is 1.60 bits per heavy atom. The number of carboxylic acid groups (broad SMARTS) is 1. The third kappa shape index (κ3) is 2.92. The Morgan fingerprint density at radius 3 is 2.80 bits per heavy atom. The molecule has 0 saturated carbocycles. The van der Waals surface area contributed by atoms with Crippen molar-refractivity contribution in [3.63, 3.8) is 0 Å². The van der Waals surface area contributed by atoms with Gasteiger partial charge in [-0.25, -0.2) is 9.18 Å². The summed E-state index contributed by atoms with van der Waals surface area (Å²) in [6, 6.07) is 3.73. The molecule has 1 aromatic rings. The van der Waals surface area contributed by atoms with E-state index in [4.69, 9.17) is 14.9 Å². The fourth-order valence-electron chi connectivity index (χ4n) is 1.04. The number of benzene rings is 1. The van der Waals surface area contributed by atoms with Crippen LogP contribution in [0, 0.1) is 5.82 Å². The first-order valence-corrected chi connectivity index (χ1v) is 4.35. The second-order valence-corrected chi connectivity index (χ2v) is 3.08. The van der Waals surface area contributed by atoms with Crippen molar-refractivity contribution in [1.29, 1.82) is 0 Å². The Labute approximate surface area is 85.9 Å². The van der Waals surface area contributed by atoms with Crippen LogP contribution in [0.5, 0.6) is 5.75 Å². The van der Waals surface area contributed by atoms with Crippen molar-refractivity contribution in [2.75, 3.05) is 6.61 Å². The zero-order valence-electron chi connectivity index (χ0n) is 8.11. The SMILES string of the molecule is CC(O)COc1cccc(F)c1C(=O)O. The molecule has 1 aromatic carbocycles. The molecule has 82 valence electrons. The Hall–Kier alpha value is -1.62. The molecule has 15 heavy (non-hydrogen) atoms. The van der Waals surface area contributed by atoms with Crippen molar-refractivity contribution in [2.45, 2.75) is 13.0 Å². The molecule has 0 saturated heterocycles. The summed E-state index contributed by atoms with van der Waals surface area (Å²) in [6.07, 6.45) is -0.741. The fraction of sp³-hybridized carbons (Fsp3) is 0.300. The van der Waals surface area contributed by atoms with Gasteiger partial charge in [-0.05, 0) is 19.1 Å². The highest BCUT2D eigenvalue weighted by Crippen LogP contribution is 2.21. The molecule has 0 aliphatic heterocycles. The zero-order chi connectivity index (χ0) is 11.4. The third-order valence-corrected chi connectivity index (χ3v) is 1.67. The van der Waals surface area contributed by atoms with Crippen LogP contribution >= 0.6 is 0 Å². The van der Waals surface area contributed by atoms with E-state index in [2.05, 4.69) is 0 Å². The number of aliphatic hydroxyl groups excluding tert-OH is 1. The van der Waals surface area contributed by atoms with Gasteiger partial charge in [-0.3, -0.25) is 0 Å². The second-order valence-electron chi connectivity index (χ2n) is 3.08. The predicted molar refractivity (Wildman–Crippen MR) is 50.5 cm³/mol. The highest BCUT2D eigenvalue weighted by molar-refractivity contribution is 5.91. The number of carboxylic acids is 1. The first-order chi connectivity index (χ1) is 7.02. The number of halogens is 1. The molecular weight excluding hydrogens is 203 g/mol. The average molecular weight is 214 g/mol. The number of hydrogen-bond acceptors (Lipinski definition) is 3. The van der Waals surface area contributed by atoms with Crippen molar-refractivity contribution in [3.8, 4) is 5.75 Å². The summed E-state index contributed by atoms with van der Waals surface area (Å²) < 4.78 is 18.1. The first kappa shape index (κ1) is 11.5. The lowest BCUT2D eigenvalue weighted by atomic mass is 10.2. The van der Waals surface area contributed by atoms with Gasteiger partial charge in [-0.2, -0.15) is 0 Å². The van der Waals surface area contributed by atoms with Gasteiger partial charge in [0, 0.05) is 0 Å². The second kappa shape index (κ2) is 4.75. The van der Waals surface area contributed by atoms with Crippen LogP contribution in [0.15, 0.2) is 18.2 Å². The molecular formula is C10H11FO4. The number of rotatable bonds is 4. The van der Waals surface area contributed by atoms with Crippen LogP contribution in [0.3, 0.4) is 0 Å². The van der Waals surface area contributed by atoms with Crippen molar-refractivity contribution >= 4 is 5.97 Å². The lowest BCUT2D eigenvalue weighted by molar-refractivity contribution is 0.0680. The average Bonchev–Trinajstić information content (AvgIpc) is 2.13. The largest absolute Gasteiger partial charge is 0.490 e. The fourth-order valence-corrected chi connectivity index (χ4v) is 1.04. The molecule has 4 nitrogen and oxygen atoms in total. The molecule has 0 aliphatic rings. The standard InChI is InChI=1S/C10H11FO4/c1-6(12)5-15-8-4-2-3-7(11)9(8)10(13)14/h2-4,6,12H,5H2,1H3,(H,13,14). The molecule has 0 aromatic heterocycles. The Morgan fingerprint density at radius 2 is 2.27 bits per heavy atom. The zero-order valence-corrected chi connectivity index (χ0v) is 8.11. The van der Waals surface area contributed by atoms with Gasteiger partial charge in [0.05, 0.1) is 6.10 Å². The van der Waals surface area contributed by atoms with Gasteiger partial charge in [-0.1, -0.05) is 6.07 Å². The summed E-state index contributed by atoms with van der Waals surface area (Å²) in [5, 5.41) is 17.7. The third-order valence-electron chi connectivity index (χ3n) is 1.67. The highest BCUT2D eigenvalue weighted by Gasteiger charge is 2.16. The number of hydrogen-bond donors (Lipinski definition) is 2. The van der Waals surface area contributed by atoms with E-state index >= 15 is 0 Å². The Bertz CT molecular complexity index is 362. The van der Waals surface area contributed by atoms with Crippen molar-refractivity contribution in [2.24, 2.45) is 0 Å². The van der Waals surface area contributed by atoms with Crippen molar-refractivity contribution < 1.29 is 24.1 Å². The van der Waals surface area contributed by atoms with Crippen LogP contribution in [-0.4, -0.2) is 28.9 Å². The molecule has 0 amide bonds. The topological polar surface area (TPSA) is 66.8 Å². The van der Waals surface area contributed by atoms with Gasteiger partial charge in [0.15, 0.2) is 0 Å². The van der Waals surface area contributed by atoms with Crippen molar-refractivity contribution in [3.05, 3.63) is 29.6 Å². The molecule has 1 atom stereocenters. The summed E-state index contributed by atoms with van der Waals surface area (Å²) in [5.41, 5.74) is -0.516. The number of aliphatic hydroxyl groups is 1. The molecule has 0 aliphatic carbocycles. The summed E-state index contributed by atoms with van der Waals surface area (Å²) in [4.78, 5) is 10.7. The Balaban J connectivity index is 2.96. The molecule has 0 bridgehead atoms. The maximum atomic E-state index is 13.1. The van der Waals surface area contributed by atoms with E-state index in [9.17, 15) is 9.18 Å². The number of aromatic carboxylic acids is 1. The lowest BCUT2D eigenvalue weighted by Crippen LogP contribution is -2.15. The smallest absolute Gasteiger partial charge is 0.342 e. The quantitative estimate of drug-likeness (QED) is 0.792. The van der Waals surface area contributed by atoms with Crippen LogP contribution in [0.2, 0.25) is 0 Å². The maximum absolute atomic E-state index is 13.1. The van der Waals surface area contributed by atoms with Crippen LogP contribution in [0.4, 0.5) is 4.39 Å². The minimum Gasteiger partial charge on any atom is -0.490 e. The predicted octanol–water partition coefficient (Wildman–Crippen LogP) is 1.28. The molecule has 1 rings (SSSR count). The van der Waals surface area contributed by atoms with Gasteiger partial charge in [-0.15, -0.1) is 0 Å². The maximum Gasteiger partial charge on any atom is 0.342 e. The molecule has 0 fully saturated rings. The van der Waals surface area contributed by atoms with E-state index in [1.807, 2.05) is 0 Å². The van der Waals surface area contributed by atoms with E-state index in [-0.39, 0.29) is 12.4 Å². The summed E-state index contributed by atoms with van der Waals surface area (Å²) in [7, 11) is 0. The van der Waals surface area contributed by atoms with Gasteiger partial charge in [0.1, 0.15) is 23.7 Å². The lowest BCUT2D eigenvalue weighted by Gasteiger charge is -2.10. The monoisotopic (exact) mass is 214 g/mol. The molecule has 5 heteroatoms. The van der Waals surface area contributed by atoms with E-state index < -0.39 is 23.5 Å². The molecule has 0 radical (unpaired) electrons. The molecule has 0 spiro atoms. The minimum atomic E-state index is -1.39. The summed E-state index contributed by atoms with van der Waals surface area (Å²) in [5.74, 6) is -2.33. The van der Waals surface area contributed by atoms with Crippen molar-refractivity contribution in [1.82, 2.24) is 0 Å². The number of ether oxygens (including phenoxy) is 1. The molecule has 1 unspecified atom stereocenters. The summed E-state index contributed by atoms with van der Waals surface area (Å²) >= 11 is 0. The minimum absolute atomic E-state index is 0.0796. The van der Waals surface area contributed by atoms with Gasteiger partial charge in [0.2, 0.25) is 0 Å². The van der Waals surface area contributed by atoms with E-state index in [1.54, 1.807) is 0 Å². The van der Waals surface area contributed by atoms with Crippen LogP contribution in [0.25, 0.3) is 0 Å². The van der Waals surface area contributed by atoms with E-state index in [1.165, 1.54) is 19.1 Å². The van der Waals surface area contributed by atoms with E-state index in [0.717, 1.165) is 6.07 Å².